The molecule has 5 nitrogen and oxygen atoms in total. The summed E-state index contributed by atoms with van der Waals surface area (Å²) in [6.45, 7) is 7.39. The first-order valence-electron chi connectivity index (χ1n) is 6.04. The Hall–Kier alpha value is -1.62. The third-order valence-corrected chi connectivity index (χ3v) is 3.51. The summed E-state index contributed by atoms with van der Waals surface area (Å²) in [6, 6.07) is 3.79. The topological polar surface area (TPSA) is 74.7 Å². The molecule has 100 valence electrons. The van der Waals surface area contributed by atoms with E-state index >= 15 is 0 Å². The van der Waals surface area contributed by atoms with Gasteiger partial charge in [-0.15, -0.1) is 0 Å². The number of amidine groups is 1. The van der Waals surface area contributed by atoms with Crippen molar-refractivity contribution in [3.63, 3.8) is 0 Å². The summed E-state index contributed by atoms with van der Waals surface area (Å²) < 4.78 is 0. The largest absolute Gasteiger partial charge is 0.409 e. The lowest BCUT2D eigenvalue weighted by atomic mass is 9.99. The molecule has 0 saturated heterocycles. The van der Waals surface area contributed by atoms with Crippen LogP contribution in [0.15, 0.2) is 23.5 Å². The maximum atomic E-state index is 8.64. The lowest BCUT2D eigenvalue weighted by molar-refractivity contribution is 0.143. The highest BCUT2D eigenvalue weighted by Crippen LogP contribution is 2.19. The van der Waals surface area contributed by atoms with Gasteiger partial charge in [-0.25, -0.2) is 0 Å². The molecule has 3 N–H and O–H groups in total. The molecular weight excluding hydrogens is 228 g/mol. The first-order chi connectivity index (χ1) is 8.40. The minimum Gasteiger partial charge on any atom is -0.409 e. The highest BCUT2D eigenvalue weighted by atomic mass is 16.4. The number of rotatable bonds is 5. The third-order valence-electron chi connectivity index (χ3n) is 3.51. The number of nitrogens with zero attached hydrogens (tertiary/aromatic N) is 3. The monoisotopic (exact) mass is 250 g/mol. The fourth-order valence-corrected chi connectivity index (χ4v) is 1.52. The zero-order valence-electron chi connectivity index (χ0n) is 11.5. The van der Waals surface area contributed by atoms with Crippen molar-refractivity contribution in [1.29, 1.82) is 0 Å². The van der Waals surface area contributed by atoms with Gasteiger partial charge in [0.25, 0.3) is 0 Å². The molecule has 0 aliphatic rings. The van der Waals surface area contributed by atoms with E-state index in [0.717, 1.165) is 18.5 Å². The van der Waals surface area contributed by atoms with E-state index in [1.807, 2.05) is 12.1 Å². The van der Waals surface area contributed by atoms with Crippen LogP contribution in [0, 0.1) is 0 Å². The minimum atomic E-state index is 0.0363. The average molecular weight is 250 g/mol. The quantitative estimate of drug-likeness (QED) is 0.361. The van der Waals surface area contributed by atoms with E-state index in [2.05, 4.69) is 42.9 Å². The summed E-state index contributed by atoms with van der Waals surface area (Å²) in [5.74, 6) is 0.0363. The van der Waals surface area contributed by atoms with Gasteiger partial charge in [-0.1, -0.05) is 12.1 Å². The summed E-state index contributed by atoms with van der Waals surface area (Å²) in [6.07, 6.45) is 2.75. The van der Waals surface area contributed by atoms with Crippen molar-refractivity contribution in [2.24, 2.45) is 10.9 Å². The molecule has 5 heteroatoms. The highest BCUT2D eigenvalue weighted by molar-refractivity contribution is 5.95. The Morgan fingerprint density at radius 2 is 2.22 bits per heavy atom. The Morgan fingerprint density at radius 3 is 2.78 bits per heavy atom. The fraction of sp³-hybridized carbons (Fsp3) is 0.538. The maximum absolute atomic E-state index is 8.64. The molecule has 1 aromatic heterocycles. The Bertz CT molecular complexity index is 429. The van der Waals surface area contributed by atoms with Gasteiger partial charge in [-0.3, -0.25) is 9.88 Å². The van der Waals surface area contributed by atoms with Gasteiger partial charge in [0.15, 0.2) is 5.84 Å². The van der Waals surface area contributed by atoms with Crippen molar-refractivity contribution in [2.45, 2.75) is 39.3 Å². The standard InChI is InChI=1S/C13H22N4O/c1-5-13(2,3)17(4)9-10-6-7-15-11(8-10)12(14)16-18/h6-8,18H,5,9H2,1-4H3,(H2,14,16). The van der Waals surface area contributed by atoms with E-state index in [9.17, 15) is 0 Å². The van der Waals surface area contributed by atoms with Gasteiger partial charge in [0, 0.05) is 18.3 Å². The number of oxime groups is 1. The molecule has 0 atom stereocenters. The van der Waals surface area contributed by atoms with Crippen LogP contribution < -0.4 is 5.73 Å². The van der Waals surface area contributed by atoms with Crippen molar-refractivity contribution in [2.75, 3.05) is 7.05 Å². The van der Waals surface area contributed by atoms with Crippen molar-refractivity contribution in [1.82, 2.24) is 9.88 Å². The van der Waals surface area contributed by atoms with E-state index in [4.69, 9.17) is 10.9 Å². The molecule has 0 amide bonds. The summed E-state index contributed by atoms with van der Waals surface area (Å²) in [7, 11) is 2.09. The summed E-state index contributed by atoms with van der Waals surface area (Å²) in [5.41, 5.74) is 7.26. The van der Waals surface area contributed by atoms with Gasteiger partial charge in [-0.05, 0) is 45.0 Å². The van der Waals surface area contributed by atoms with Gasteiger partial charge < -0.3 is 10.9 Å². The maximum Gasteiger partial charge on any atom is 0.188 e. The Labute approximate surface area is 108 Å². The molecular formula is C13H22N4O. The van der Waals surface area contributed by atoms with Gasteiger partial charge in [0.2, 0.25) is 0 Å². The predicted octanol–water partition coefficient (Wildman–Crippen LogP) is 1.80. The highest BCUT2D eigenvalue weighted by Gasteiger charge is 2.21. The van der Waals surface area contributed by atoms with Gasteiger partial charge in [0.1, 0.15) is 5.69 Å². The van der Waals surface area contributed by atoms with Crippen LogP contribution in [0.25, 0.3) is 0 Å². The summed E-state index contributed by atoms with van der Waals surface area (Å²) in [4.78, 5) is 6.34. The van der Waals surface area contributed by atoms with E-state index in [0.29, 0.717) is 5.69 Å². The number of aromatic nitrogens is 1. The number of hydrogen-bond acceptors (Lipinski definition) is 4. The van der Waals surface area contributed by atoms with Crippen molar-refractivity contribution < 1.29 is 5.21 Å². The lowest BCUT2D eigenvalue weighted by Crippen LogP contribution is -2.39. The predicted molar refractivity (Wildman–Crippen MR) is 72.6 cm³/mol. The normalized spacial score (nSPS) is 13.1. The molecule has 0 bridgehead atoms. The summed E-state index contributed by atoms with van der Waals surface area (Å²) in [5, 5.41) is 11.6. The Morgan fingerprint density at radius 1 is 1.56 bits per heavy atom. The summed E-state index contributed by atoms with van der Waals surface area (Å²) >= 11 is 0. The molecule has 0 unspecified atom stereocenters. The number of nitrogens with two attached hydrogens (primary N) is 1. The van der Waals surface area contributed by atoms with E-state index in [1.54, 1.807) is 6.20 Å². The van der Waals surface area contributed by atoms with Crippen LogP contribution >= 0.6 is 0 Å². The Balaban J connectivity index is 2.86. The van der Waals surface area contributed by atoms with Crippen LogP contribution in [0.4, 0.5) is 0 Å². The van der Waals surface area contributed by atoms with E-state index < -0.39 is 0 Å². The molecule has 1 heterocycles. The van der Waals surface area contributed by atoms with Crippen LogP contribution in [-0.2, 0) is 6.54 Å². The van der Waals surface area contributed by atoms with E-state index in [1.165, 1.54) is 0 Å². The lowest BCUT2D eigenvalue weighted by Gasteiger charge is -2.34. The van der Waals surface area contributed by atoms with Crippen molar-refractivity contribution >= 4 is 5.84 Å². The molecule has 0 fully saturated rings. The first-order valence-corrected chi connectivity index (χ1v) is 6.04. The molecule has 0 aliphatic heterocycles. The van der Waals surface area contributed by atoms with Crippen LogP contribution in [0.2, 0.25) is 0 Å². The molecule has 1 rings (SSSR count). The fourth-order valence-electron chi connectivity index (χ4n) is 1.52. The van der Waals surface area contributed by atoms with Gasteiger partial charge in [-0.2, -0.15) is 0 Å². The molecule has 1 aromatic rings. The molecule has 18 heavy (non-hydrogen) atoms. The van der Waals surface area contributed by atoms with Gasteiger partial charge in [0.05, 0.1) is 0 Å². The molecule has 0 aromatic carbocycles. The number of hydrogen-bond donors (Lipinski definition) is 2. The third kappa shape index (κ3) is 3.43. The average Bonchev–Trinajstić information content (AvgIpc) is 2.38. The second kappa shape index (κ2) is 5.82. The van der Waals surface area contributed by atoms with E-state index in [-0.39, 0.29) is 11.4 Å². The van der Waals surface area contributed by atoms with Crippen LogP contribution in [0.5, 0.6) is 0 Å². The van der Waals surface area contributed by atoms with Crippen molar-refractivity contribution in [3.8, 4) is 0 Å². The van der Waals surface area contributed by atoms with Crippen LogP contribution in [0.3, 0.4) is 0 Å². The van der Waals surface area contributed by atoms with Crippen LogP contribution in [0.1, 0.15) is 38.4 Å². The zero-order valence-corrected chi connectivity index (χ0v) is 11.5. The van der Waals surface area contributed by atoms with Crippen LogP contribution in [-0.4, -0.2) is 33.5 Å². The second-order valence-corrected chi connectivity index (χ2v) is 5.06. The number of pyridine rings is 1. The first kappa shape index (κ1) is 14.4. The minimum absolute atomic E-state index is 0.0363. The molecule has 0 saturated carbocycles. The molecule has 0 spiro atoms. The Kier molecular flexibility index (Phi) is 4.67. The molecule has 0 radical (unpaired) electrons. The molecule has 0 aliphatic carbocycles. The second-order valence-electron chi connectivity index (χ2n) is 5.06. The zero-order chi connectivity index (χ0) is 13.8. The van der Waals surface area contributed by atoms with Gasteiger partial charge >= 0.3 is 0 Å². The van der Waals surface area contributed by atoms with Crippen molar-refractivity contribution in [3.05, 3.63) is 29.6 Å². The smallest absolute Gasteiger partial charge is 0.188 e. The SMILES string of the molecule is CCC(C)(C)N(C)Cc1ccnc(C(N)=NO)c1.